The Balaban J connectivity index is 2.35. The molecule has 0 aliphatic heterocycles. The molecule has 0 bridgehead atoms. The van der Waals surface area contributed by atoms with Crippen molar-refractivity contribution < 1.29 is 4.79 Å². The van der Waals surface area contributed by atoms with E-state index in [1.54, 1.807) is 11.3 Å². The number of carbonyl (C=O) groups is 1. The molecule has 1 fully saturated rings. The van der Waals surface area contributed by atoms with Gasteiger partial charge < -0.3 is 0 Å². The molecular formula is C14H20BrNOS. The summed E-state index contributed by atoms with van der Waals surface area (Å²) < 4.78 is 0.947. The second-order valence-electron chi connectivity index (χ2n) is 5.27. The largest absolute Gasteiger partial charge is 0.297 e. The zero-order valence-corrected chi connectivity index (χ0v) is 13.4. The third kappa shape index (κ3) is 2.56. The fourth-order valence-corrected chi connectivity index (χ4v) is 4.44. The van der Waals surface area contributed by atoms with Crippen molar-refractivity contribution in [1.29, 1.82) is 0 Å². The normalized spacial score (nSPS) is 19.8. The van der Waals surface area contributed by atoms with Gasteiger partial charge in [-0.25, -0.2) is 0 Å². The number of Topliss-reactive ketones (excluding diaryl/α,β-unsaturated/α-hetero) is 1. The summed E-state index contributed by atoms with van der Waals surface area (Å²) in [7, 11) is 4.09. The van der Waals surface area contributed by atoms with Gasteiger partial charge in [-0.05, 0) is 54.3 Å². The summed E-state index contributed by atoms with van der Waals surface area (Å²) in [5.41, 5.74) is -0.288. The van der Waals surface area contributed by atoms with Crippen LogP contribution in [0.15, 0.2) is 15.9 Å². The number of ketones is 1. The van der Waals surface area contributed by atoms with Crippen LogP contribution in [0.2, 0.25) is 0 Å². The molecule has 0 N–H and O–H groups in total. The summed E-state index contributed by atoms with van der Waals surface area (Å²) in [6.07, 6.45) is 6.81. The van der Waals surface area contributed by atoms with E-state index < -0.39 is 0 Å². The molecule has 4 heteroatoms. The average molecular weight is 330 g/mol. The minimum Gasteiger partial charge on any atom is -0.297 e. The first-order valence-electron chi connectivity index (χ1n) is 6.53. The summed E-state index contributed by atoms with van der Waals surface area (Å²) >= 11 is 5.05. The molecule has 1 aliphatic rings. The highest BCUT2D eigenvalue weighted by atomic mass is 79.9. The monoisotopic (exact) mass is 329 g/mol. The average Bonchev–Trinajstić information content (AvgIpc) is 2.63. The van der Waals surface area contributed by atoms with Gasteiger partial charge in [-0.2, -0.15) is 0 Å². The molecule has 1 heterocycles. The van der Waals surface area contributed by atoms with Crippen LogP contribution < -0.4 is 0 Å². The van der Waals surface area contributed by atoms with Crippen molar-refractivity contribution in [1.82, 2.24) is 4.90 Å². The van der Waals surface area contributed by atoms with E-state index in [0.29, 0.717) is 5.78 Å². The Labute approximate surface area is 122 Å². The Hall–Kier alpha value is -0.190. The van der Waals surface area contributed by atoms with Gasteiger partial charge in [-0.3, -0.25) is 9.69 Å². The third-order valence-electron chi connectivity index (χ3n) is 4.03. The van der Waals surface area contributed by atoms with E-state index in [-0.39, 0.29) is 5.54 Å². The maximum Gasteiger partial charge on any atom is 0.194 e. The standard InChI is InChI=1S/C14H20BrNOS/c1-16(2)14(8-5-3-4-6-9-14)13(17)12-11(15)7-10-18-12/h7,10H,3-6,8-9H2,1-2H3. The molecule has 1 saturated carbocycles. The van der Waals surface area contributed by atoms with Gasteiger partial charge in [0.2, 0.25) is 0 Å². The molecule has 0 saturated heterocycles. The van der Waals surface area contributed by atoms with Gasteiger partial charge >= 0.3 is 0 Å². The van der Waals surface area contributed by atoms with Crippen molar-refractivity contribution in [3.05, 3.63) is 20.8 Å². The van der Waals surface area contributed by atoms with E-state index in [0.717, 1.165) is 35.0 Å². The first kappa shape index (κ1) is 14.2. The molecule has 1 aromatic rings. The first-order valence-corrected chi connectivity index (χ1v) is 8.20. The van der Waals surface area contributed by atoms with Crippen molar-refractivity contribution in [3.63, 3.8) is 0 Å². The van der Waals surface area contributed by atoms with Gasteiger partial charge in [0.1, 0.15) is 0 Å². The van der Waals surface area contributed by atoms with Crippen LogP contribution in [0.5, 0.6) is 0 Å². The number of thiophene rings is 1. The van der Waals surface area contributed by atoms with Crippen molar-refractivity contribution >= 4 is 33.0 Å². The third-order valence-corrected chi connectivity index (χ3v) is 5.87. The van der Waals surface area contributed by atoms with E-state index in [4.69, 9.17) is 0 Å². The Morgan fingerprint density at radius 3 is 2.33 bits per heavy atom. The van der Waals surface area contributed by atoms with E-state index >= 15 is 0 Å². The Morgan fingerprint density at radius 1 is 1.28 bits per heavy atom. The minimum atomic E-state index is -0.288. The van der Waals surface area contributed by atoms with Gasteiger partial charge in [0.05, 0.1) is 10.4 Å². The quantitative estimate of drug-likeness (QED) is 0.607. The Kier molecular flexibility index (Phi) is 4.62. The highest BCUT2D eigenvalue weighted by Crippen LogP contribution is 2.37. The molecule has 0 unspecified atom stereocenters. The zero-order valence-electron chi connectivity index (χ0n) is 11.0. The second-order valence-corrected chi connectivity index (χ2v) is 7.04. The van der Waals surface area contributed by atoms with Crippen LogP contribution in [0, 0.1) is 0 Å². The number of hydrogen-bond donors (Lipinski definition) is 0. The molecule has 18 heavy (non-hydrogen) atoms. The number of nitrogens with zero attached hydrogens (tertiary/aromatic N) is 1. The van der Waals surface area contributed by atoms with Crippen molar-refractivity contribution in [2.75, 3.05) is 14.1 Å². The topological polar surface area (TPSA) is 20.3 Å². The lowest BCUT2D eigenvalue weighted by molar-refractivity contribution is 0.0639. The number of rotatable bonds is 3. The summed E-state index contributed by atoms with van der Waals surface area (Å²) in [4.78, 5) is 16.0. The van der Waals surface area contributed by atoms with Crippen LogP contribution in [0.25, 0.3) is 0 Å². The minimum absolute atomic E-state index is 0.288. The maximum atomic E-state index is 12.9. The summed E-state index contributed by atoms with van der Waals surface area (Å²) in [6.45, 7) is 0. The maximum absolute atomic E-state index is 12.9. The van der Waals surface area contributed by atoms with E-state index in [1.165, 1.54) is 12.8 Å². The molecule has 1 aliphatic carbocycles. The molecule has 0 amide bonds. The summed E-state index contributed by atoms with van der Waals surface area (Å²) in [6, 6.07) is 1.97. The molecule has 2 rings (SSSR count). The van der Waals surface area contributed by atoms with Crippen LogP contribution in [-0.2, 0) is 0 Å². The van der Waals surface area contributed by atoms with Gasteiger partial charge in [0.25, 0.3) is 0 Å². The SMILES string of the molecule is CN(C)C1(C(=O)c2sccc2Br)CCCCCC1. The highest BCUT2D eigenvalue weighted by Gasteiger charge is 2.41. The number of likely N-dealkylation sites (N-methyl/N-ethyl adjacent to an activating group) is 1. The zero-order chi connectivity index (χ0) is 13.2. The molecule has 0 atom stereocenters. The van der Waals surface area contributed by atoms with Gasteiger partial charge in [0, 0.05) is 4.47 Å². The lowest BCUT2D eigenvalue weighted by atomic mass is 9.83. The van der Waals surface area contributed by atoms with Crippen LogP contribution in [0.1, 0.15) is 48.2 Å². The molecule has 0 radical (unpaired) electrons. The Bertz CT molecular complexity index is 419. The van der Waals surface area contributed by atoms with E-state index in [9.17, 15) is 4.79 Å². The molecule has 100 valence electrons. The smallest absolute Gasteiger partial charge is 0.194 e. The fraction of sp³-hybridized carbons (Fsp3) is 0.643. The fourth-order valence-electron chi connectivity index (χ4n) is 2.86. The van der Waals surface area contributed by atoms with Crippen LogP contribution in [0.3, 0.4) is 0 Å². The van der Waals surface area contributed by atoms with E-state index in [1.807, 2.05) is 25.5 Å². The second kappa shape index (κ2) is 5.85. The summed E-state index contributed by atoms with van der Waals surface area (Å²) in [5, 5.41) is 1.98. The summed E-state index contributed by atoms with van der Waals surface area (Å²) in [5.74, 6) is 0.302. The van der Waals surface area contributed by atoms with Crippen LogP contribution in [0.4, 0.5) is 0 Å². The van der Waals surface area contributed by atoms with Crippen molar-refractivity contribution in [2.24, 2.45) is 0 Å². The first-order chi connectivity index (χ1) is 8.58. The lowest BCUT2D eigenvalue weighted by Crippen LogP contribution is -2.50. The molecule has 1 aromatic heterocycles. The predicted octanol–water partition coefficient (Wildman–Crippen LogP) is 4.35. The molecule has 0 spiro atoms. The number of carbonyl (C=O) groups excluding carboxylic acids is 1. The van der Waals surface area contributed by atoms with Gasteiger partial charge in [0.15, 0.2) is 5.78 Å². The van der Waals surface area contributed by atoms with Crippen molar-refractivity contribution in [3.8, 4) is 0 Å². The van der Waals surface area contributed by atoms with Gasteiger partial charge in [-0.15, -0.1) is 11.3 Å². The molecule has 0 aromatic carbocycles. The molecule has 2 nitrogen and oxygen atoms in total. The number of halogens is 1. The highest BCUT2D eigenvalue weighted by molar-refractivity contribution is 9.10. The molecular weight excluding hydrogens is 310 g/mol. The number of hydrogen-bond acceptors (Lipinski definition) is 3. The van der Waals surface area contributed by atoms with Gasteiger partial charge in [-0.1, -0.05) is 25.7 Å². The predicted molar refractivity (Wildman–Crippen MR) is 80.5 cm³/mol. The van der Waals surface area contributed by atoms with Crippen LogP contribution in [-0.4, -0.2) is 30.3 Å². The van der Waals surface area contributed by atoms with Crippen molar-refractivity contribution in [2.45, 2.75) is 44.1 Å². The van der Waals surface area contributed by atoms with E-state index in [2.05, 4.69) is 20.8 Å². The van der Waals surface area contributed by atoms with Crippen LogP contribution >= 0.6 is 27.3 Å². The lowest BCUT2D eigenvalue weighted by Gasteiger charge is -2.37. The Morgan fingerprint density at radius 2 is 1.89 bits per heavy atom.